The Hall–Kier alpha value is -2.88. The van der Waals surface area contributed by atoms with E-state index in [0.29, 0.717) is 24.9 Å². The number of hydrogen-bond donors (Lipinski definition) is 0. The molecule has 8 nitrogen and oxygen atoms in total. The second-order valence-electron chi connectivity index (χ2n) is 7.19. The molecular formula is C21H22N6O2S. The highest BCUT2D eigenvalue weighted by atomic mass is 32.1. The summed E-state index contributed by atoms with van der Waals surface area (Å²) in [5, 5.41) is 5.05. The molecule has 0 spiro atoms. The summed E-state index contributed by atoms with van der Waals surface area (Å²) < 4.78 is 10.4. The Balaban J connectivity index is 1.29. The molecule has 0 bridgehead atoms. The van der Waals surface area contributed by atoms with Gasteiger partial charge in [0.25, 0.3) is 0 Å². The number of methoxy groups -OCH3 is 1. The summed E-state index contributed by atoms with van der Waals surface area (Å²) in [5.41, 5.74) is 1.21. The molecule has 0 radical (unpaired) electrons. The zero-order chi connectivity index (χ0) is 20.3. The second-order valence-corrected chi connectivity index (χ2v) is 8.22. The van der Waals surface area contributed by atoms with Crippen LogP contribution in [0.25, 0.3) is 20.7 Å². The number of aromatic nitrogens is 4. The monoisotopic (exact) mass is 422 g/mol. The number of nitrogens with zero attached hydrogens (tertiary/aromatic N) is 6. The van der Waals surface area contributed by atoms with Crippen LogP contribution in [0, 0.1) is 0 Å². The Morgan fingerprint density at radius 3 is 2.73 bits per heavy atom. The first-order valence-corrected chi connectivity index (χ1v) is 10.7. The molecule has 30 heavy (non-hydrogen) atoms. The van der Waals surface area contributed by atoms with Crippen LogP contribution in [-0.4, -0.2) is 58.3 Å². The predicted octanol–water partition coefficient (Wildman–Crippen LogP) is 3.21. The zero-order valence-electron chi connectivity index (χ0n) is 16.7. The van der Waals surface area contributed by atoms with Gasteiger partial charge in [0.15, 0.2) is 5.82 Å². The molecule has 0 saturated carbocycles. The maximum absolute atomic E-state index is 5.32. The van der Waals surface area contributed by atoms with Crippen molar-refractivity contribution in [3.05, 3.63) is 54.4 Å². The Bertz CT molecular complexity index is 1120. The van der Waals surface area contributed by atoms with E-state index < -0.39 is 0 Å². The number of ether oxygens (including phenoxy) is 1. The Morgan fingerprint density at radius 1 is 1.10 bits per heavy atom. The van der Waals surface area contributed by atoms with Gasteiger partial charge in [0.1, 0.15) is 23.6 Å². The molecule has 4 heterocycles. The van der Waals surface area contributed by atoms with Gasteiger partial charge in [-0.05, 0) is 11.6 Å². The molecule has 154 valence electrons. The van der Waals surface area contributed by atoms with Crippen LogP contribution in [0.3, 0.4) is 0 Å². The molecule has 0 amide bonds. The minimum absolute atomic E-state index is 0.368. The van der Waals surface area contributed by atoms with E-state index in [1.165, 1.54) is 10.4 Å². The topological polar surface area (TPSA) is 80.4 Å². The smallest absolute Gasteiger partial charge is 0.240 e. The maximum Gasteiger partial charge on any atom is 0.240 e. The van der Waals surface area contributed by atoms with Gasteiger partial charge in [-0.1, -0.05) is 35.5 Å². The molecular weight excluding hydrogens is 400 g/mol. The number of thiophene rings is 1. The summed E-state index contributed by atoms with van der Waals surface area (Å²) >= 11 is 1.71. The number of anilines is 1. The normalized spacial score (nSPS) is 15.2. The van der Waals surface area contributed by atoms with E-state index in [4.69, 9.17) is 9.26 Å². The van der Waals surface area contributed by atoms with Crippen molar-refractivity contribution in [2.75, 3.05) is 38.2 Å². The molecule has 5 rings (SSSR count). The molecule has 0 aliphatic carbocycles. The molecule has 1 aliphatic rings. The lowest BCUT2D eigenvalue weighted by molar-refractivity contribution is 0.174. The van der Waals surface area contributed by atoms with Gasteiger partial charge in [-0.2, -0.15) is 4.98 Å². The van der Waals surface area contributed by atoms with Crippen molar-refractivity contribution in [1.29, 1.82) is 0 Å². The number of piperazine rings is 1. The van der Waals surface area contributed by atoms with Gasteiger partial charge in [0.2, 0.25) is 5.89 Å². The first kappa shape index (κ1) is 19.1. The molecule has 1 saturated heterocycles. The van der Waals surface area contributed by atoms with E-state index >= 15 is 0 Å². The fourth-order valence-corrected chi connectivity index (χ4v) is 4.69. The minimum atomic E-state index is 0.368. The first-order valence-electron chi connectivity index (χ1n) is 9.88. The van der Waals surface area contributed by atoms with Crippen LogP contribution >= 0.6 is 11.3 Å². The molecule has 1 fully saturated rings. The third kappa shape index (κ3) is 3.91. The SMILES string of the molecule is COCc1noc(CN2CCN(c3ncnc4sc(-c5ccccc5)cc34)CC2)n1. The number of fused-ring (bicyclic) bond motifs is 1. The van der Waals surface area contributed by atoms with Crippen LogP contribution < -0.4 is 4.90 Å². The molecule has 0 unspecified atom stereocenters. The Kier molecular flexibility index (Phi) is 5.39. The minimum Gasteiger partial charge on any atom is -0.377 e. The molecule has 1 aliphatic heterocycles. The molecule has 0 N–H and O–H groups in total. The predicted molar refractivity (Wildman–Crippen MR) is 115 cm³/mol. The van der Waals surface area contributed by atoms with Crippen LogP contribution in [0.2, 0.25) is 0 Å². The van der Waals surface area contributed by atoms with E-state index in [2.05, 4.69) is 60.2 Å². The number of rotatable bonds is 6. The van der Waals surface area contributed by atoms with E-state index in [1.54, 1.807) is 24.8 Å². The fraction of sp³-hybridized carbons (Fsp3) is 0.333. The number of benzene rings is 1. The first-order chi connectivity index (χ1) is 14.8. The van der Waals surface area contributed by atoms with Crippen LogP contribution in [-0.2, 0) is 17.9 Å². The molecule has 1 aromatic carbocycles. The summed E-state index contributed by atoms with van der Waals surface area (Å²) in [5.74, 6) is 2.23. The lowest BCUT2D eigenvalue weighted by atomic mass is 10.2. The summed E-state index contributed by atoms with van der Waals surface area (Å²) in [7, 11) is 1.62. The standard InChI is InChI=1S/C21H22N6O2S/c1-28-13-18-24-19(29-25-18)12-26-7-9-27(10-8-26)20-16-11-17(15-5-3-2-4-6-15)30-21(16)23-14-22-20/h2-6,11,14H,7-10,12-13H2,1H3. The summed E-state index contributed by atoms with van der Waals surface area (Å²) in [6, 6.07) is 12.6. The second kappa shape index (κ2) is 8.47. The molecule has 9 heteroatoms. The van der Waals surface area contributed by atoms with Crippen LogP contribution in [0.5, 0.6) is 0 Å². The number of hydrogen-bond acceptors (Lipinski definition) is 9. The Morgan fingerprint density at radius 2 is 1.93 bits per heavy atom. The lowest BCUT2D eigenvalue weighted by Gasteiger charge is -2.34. The summed E-state index contributed by atoms with van der Waals surface area (Å²) in [6.45, 7) is 4.61. The highest BCUT2D eigenvalue weighted by Crippen LogP contribution is 2.36. The van der Waals surface area contributed by atoms with Gasteiger partial charge in [-0.3, -0.25) is 4.90 Å². The summed E-state index contributed by atoms with van der Waals surface area (Å²) in [4.78, 5) is 20.4. The fourth-order valence-electron chi connectivity index (χ4n) is 3.69. The van der Waals surface area contributed by atoms with E-state index in [-0.39, 0.29) is 0 Å². The van der Waals surface area contributed by atoms with Gasteiger partial charge in [0.05, 0.1) is 11.9 Å². The molecule has 0 atom stereocenters. The summed E-state index contributed by atoms with van der Waals surface area (Å²) in [6.07, 6.45) is 1.67. The lowest BCUT2D eigenvalue weighted by Crippen LogP contribution is -2.46. The quantitative estimate of drug-likeness (QED) is 0.469. The average molecular weight is 423 g/mol. The van der Waals surface area contributed by atoms with Crippen LogP contribution in [0.15, 0.2) is 47.2 Å². The van der Waals surface area contributed by atoms with Gasteiger partial charge >= 0.3 is 0 Å². The van der Waals surface area contributed by atoms with Gasteiger partial charge in [-0.15, -0.1) is 11.3 Å². The largest absolute Gasteiger partial charge is 0.377 e. The average Bonchev–Trinajstić information content (AvgIpc) is 3.42. The van der Waals surface area contributed by atoms with E-state index in [9.17, 15) is 0 Å². The van der Waals surface area contributed by atoms with Gasteiger partial charge in [-0.25, -0.2) is 9.97 Å². The Labute approximate surface area is 178 Å². The van der Waals surface area contributed by atoms with Crippen LogP contribution in [0.4, 0.5) is 5.82 Å². The van der Waals surface area contributed by atoms with Gasteiger partial charge < -0.3 is 14.2 Å². The van der Waals surface area contributed by atoms with Crippen molar-refractivity contribution in [1.82, 2.24) is 25.0 Å². The van der Waals surface area contributed by atoms with Crippen molar-refractivity contribution in [2.45, 2.75) is 13.2 Å². The zero-order valence-corrected chi connectivity index (χ0v) is 17.5. The molecule has 4 aromatic rings. The van der Waals surface area contributed by atoms with Crippen molar-refractivity contribution in [3.8, 4) is 10.4 Å². The van der Waals surface area contributed by atoms with Gasteiger partial charge in [0, 0.05) is 38.2 Å². The molecule has 3 aromatic heterocycles. The van der Waals surface area contributed by atoms with E-state index in [1.807, 2.05) is 6.07 Å². The van der Waals surface area contributed by atoms with Crippen molar-refractivity contribution >= 4 is 27.4 Å². The highest BCUT2D eigenvalue weighted by molar-refractivity contribution is 7.21. The maximum atomic E-state index is 5.32. The van der Waals surface area contributed by atoms with Crippen molar-refractivity contribution < 1.29 is 9.26 Å². The van der Waals surface area contributed by atoms with Crippen molar-refractivity contribution in [2.24, 2.45) is 0 Å². The third-order valence-electron chi connectivity index (χ3n) is 5.18. The van der Waals surface area contributed by atoms with Crippen LogP contribution in [0.1, 0.15) is 11.7 Å². The third-order valence-corrected chi connectivity index (χ3v) is 6.27. The van der Waals surface area contributed by atoms with E-state index in [0.717, 1.165) is 42.2 Å². The highest BCUT2D eigenvalue weighted by Gasteiger charge is 2.22. The van der Waals surface area contributed by atoms with Crippen molar-refractivity contribution in [3.63, 3.8) is 0 Å².